The largest absolute Gasteiger partial charge is 0.371 e. The number of likely N-dealkylation sites (N-methyl/N-ethyl adjacent to an activating group) is 1. The molecular weight excluding hydrogens is 318 g/mol. The highest BCUT2D eigenvalue weighted by atomic mass is 79.9. The van der Waals surface area contributed by atoms with Crippen molar-refractivity contribution in [3.8, 4) is 0 Å². The molecule has 4 nitrogen and oxygen atoms in total. The van der Waals surface area contributed by atoms with Crippen LogP contribution in [-0.2, 0) is 4.79 Å². The maximum absolute atomic E-state index is 11.9. The van der Waals surface area contributed by atoms with Crippen molar-refractivity contribution in [3.05, 3.63) is 22.2 Å². The van der Waals surface area contributed by atoms with Crippen molar-refractivity contribution in [3.63, 3.8) is 0 Å². The maximum Gasteiger partial charge on any atom is 0.246 e. The number of hydrogen-bond donors (Lipinski definition) is 2. The Morgan fingerprint density at radius 3 is 2.80 bits per heavy atom. The van der Waals surface area contributed by atoms with Gasteiger partial charge in [-0.1, -0.05) is 0 Å². The lowest BCUT2D eigenvalue weighted by atomic mass is 10.1. The van der Waals surface area contributed by atoms with Crippen LogP contribution >= 0.6 is 15.9 Å². The summed E-state index contributed by atoms with van der Waals surface area (Å²) < 4.78 is 1.07. The van der Waals surface area contributed by atoms with Gasteiger partial charge in [0.15, 0.2) is 0 Å². The minimum absolute atomic E-state index is 0.0248. The Morgan fingerprint density at radius 1 is 1.45 bits per heavy atom. The molecule has 2 aliphatic rings. The van der Waals surface area contributed by atoms with Crippen molar-refractivity contribution in [2.75, 3.05) is 30.4 Å². The van der Waals surface area contributed by atoms with Gasteiger partial charge in [-0.15, -0.1) is 0 Å². The molecule has 3 rings (SSSR count). The number of carbonyl (C=O) groups is 1. The van der Waals surface area contributed by atoms with Crippen molar-refractivity contribution >= 4 is 33.2 Å². The summed E-state index contributed by atoms with van der Waals surface area (Å²) >= 11 is 3.67. The van der Waals surface area contributed by atoms with E-state index in [0.717, 1.165) is 34.7 Å². The van der Waals surface area contributed by atoms with Crippen LogP contribution in [0.3, 0.4) is 0 Å². The van der Waals surface area contributed by atoms with E-state index in [-0.39, 0.29) is 11.9 Å². The van der Waals surface area contributed by atoms with Gasteiger partial charge in [0, 0.05) is 28.8 Å². The second-order valence-corrected chi connectivity index (χ2v) is 6.44. The fraction of sp³-hybridized carbons (Fsp3) is 0.533. The lowest BCUT2D eigenvalue weighted by Crippen LogP contribution is -2.25. The molecule has 1 amide bonds. The zero-order valence-corrected chi connectivity index (χ0v) is 13.5. The van der Waals surface area contributed by atoms with Crippen LogP contribution in [0.2, 0.25) is 0 Å². The van der Waals surface area contributed by atoms with Crippen molar-refractivity contribution < 1.29 is 4.79 Å². The van der Waals surface area contributed by atoms with Crippen LogP contribution in [0.5, 0.6) is 0 Å². The average molecular weight is 338 g/mol. The third kappa shape index (κ3) is 2.44. The highest BCUT2D eigenvalue weighted by Gasteiger charge is 2.31. The number of carbonyl (C=O) groups excluding carboxylic acids is 1. The van der Waals surface area contributed by atoms with Gasteiger partial charge in [0.1, 0.15) is 6.04 Å². The standard InChI is InChI=1S/C15H20BrN3O/c1-3-19(8-9-4-5-9)13-7-12-10(6-11(13)16)14(17-2)15(20)18-12/h6-7,9,14,17H,3-5,8H2,1-2H3,(H,18,20). The van der Waals surface area contributed by atoms with Crippen LogP contribution in [-0.4, -0.2) is 26.0 Å². The molecule has 20 heavy (non-hydrogen) atoms. The second-order valence-electron chi connectivity index (χ2n) is 5.58. The van der Waals surface area contributed by atoms with Gasteiger partial charge in [0.2, 0.25) is 5.91 Å². The summed E-state index contributed by atoms with van der Waals surface area (Å²) in [5.74, 6) is 0.867. The summed E-state index contributed by atoms with van der Waals surface area (Å²) in [6, 6.07) is 3.92. The van der Waals surface area contributed by atoms with Gasteiger partial charge in [-0.2, -0.15) is 0 Å². The van der Waals surface area contributed by atoms with Gasteiger partial charge in [-0.25, -0.2) is 0 Å². The number of halogens is 1. The first kappa shape index (κ1) is 13.9. The summed E-state index contributed by atoms with van der Waals surface area (Å²) in [7, 11) is 1.81. The van der Waals surface area contributed by atoms with E-state index >= 15 is 0 Å². The zero-order valence-electron chi connectivity index (χ0n) is 11.9. The Kier molecular flexibility index (Phi) is 3.73. The monoisotopic (exact) mass is 337 g/mol. The quantitative estimate of drug-likeness (QED) is 0.868. The minimum Gasteiger partial charge on any atom is -0.371 e. The molecule has 1 fully saturated rings. The highest BCUT2D eigenvalue weighted by Crippen LogP contribution is 2.40. The first-order chi connectivity index (χ1) is 9.63. The average Bonchev–Trinajstić information content (AvgIpc) is 3.18. The van der Waals surface area contributed by atoms with E-state index in [1.165, 1.54) is 18.5 Å². The van der Waals surface area contributed by atoms with Crippen LogP contribution in [0.4, 0.5) is 11.4 Å². The number of amides is 1. The lowest BCUT2D eigenvalue weighted by molar-refractivity contribution is -0.117. The molecule has 1 aromatic carbocycles. The molecule has 1 unspecified atom stereocenters. The molecule has 1 heterocycles. The molecule has 0 radical (unpaired) electrons. The Labute approximate surface area is 128 Å². The molecule has 0 aromatic heterocycles. The van der Waals surface area contributed by atoms with Crippen LogP contribution < -0.4 is 15.5 Å². The third-order valence-corrected chi connectivity index (χ3v) is 4.77. The van der Waals surface area contributed by atoms with E-state index in [0.29, 0.717) is 0 Å². The van der Waals surface area contributed by atoms with Crippen LogP contribution in [0.1, 0.15) is 31.4 Å². The van der Waals surface area contributed by atoms with Crippen LogP contribution in [0.25, 0.3) is 0 Å². The Hall–Kier alpha value is -1.07. The molecule has 2 N–H and O–H groups in total. The summed E-state index contributed by atoms with van der Waals surface area (Å²) in [6.45, 7) is 4.27. The van der Waals surface area contributed by atoms with E-state index in [1.54, 1.807) is 0 Å². The van der Waals surface area contributed by atoms with Crippen molar-refractivity contribution in [2.45, 2.75) is 25.8 Å². The Balaban J connectivity index is 1.93. The van der Waals surface area contributed by atoms with E-state index in [1.807, 2.05) is 7.05 Å². The van der Waals surface area contributed by atoms with Crippen LogP contribution in [0, 0.1) is 5.92 Å². The maximum atomic E-state index is 11.9. The fourth-order valence-electron chi connectivity index (χ4n) is 2.81. The SMILES string of the molecule is CCN(CC1CC1)c1cc2c(cc1Br)C(NC)C(=O)N2. The molecule has 1 aliphatic heterocycles. The van der Waals surface area contributed by atoms with Crippen molar-refractivity contribution in [1.82, 2.24) is 5.32 Å². The molecular formula is C15H20BrN3O. The summed E-state index contributed by atoms with van der Waals surface area (Å²) in [4.78, 5) is 14.3. The molecule has 108 valence electrons. The summed E-state index contributed by atoms with van der Waals surface area (Å²) in [5.41, 5.74) is 3.13. The van der Waals surface area contributed by atoms with Gasteiger partial charge >= 0.3 is 0 Å². The smallest absolute Gasteiger partial charge is 0.246 e. The van der Waals surface area contributed by atoms with Gasteiger partial charge in [-0.05, 0) is 60.8 Å². The van der Waals surface area contributed by atoms with E-state index in [9.17, 15) is 4.79 Å². The predicted molar refractivity (Wildman–Crippen MR) is 85.2 cm³/mol. The number of anilines is 2. The van der Waals surface area contributed by atoms with Gasteiger partial charge < -0.3 is 15.5 Å². The second kappa shape index (κ2) is 5.37. The van der Waals surface area contributed by atoms with Gasteiger partial charge in [-0.3, -0.25) is 4.79 Å². The number of rotatable bonds is 5. The number of nitrogens with one attached hydrogen (secondary N) is 2. The van der Waals surface area contributed by atoms with Crippen molar-refractivity contribution in [1.29, 1.82) is 0 Å². The van der Waals surface area contributed by atoms with E-state index in [4.69, 9.17) is 0 Å². The molecule has 1 saturated carbocycles. The normalized spacial score (nSPS) is 20.8. The molecule has 0 spiro atoms. The Morgan fingerprint density at radius 2 is 2.20 bits per heavy atom. The van der Waals surface area contributed by atoms with E-state index in [2.05, 4.69) is 50.5 Å². The third-order valence-electron chi connectivity index (χ3n) is 4.14. The fourth-order valence-corrected chi connectivity index (χ4v) is 3.42. The first-order valence-corrected chi connectivity index (χ1v) is 7.99. The van der Waals surface area contributed by atoms with Crippen LogP contribution in [0.15, 0.2) is 16.6 Å². The Bertz CT molecular complexity index is 542. The zero-order chi connectivity index (χ0) is 14.3. The number of benzene rings is 1. The predicted octanol–water partition coefficient (Wildman–Crippen LogP) is 2.90. The molecule has 0 saturated heterocycles. The van der Waals surface area contributed by atoms with E-state index < -0.39 is 0 Å². The molecule has 1 aromatic rings. The lowest BCUT2D eigenvalue weighted by Gasteiger charge is -2.25. The molecule has 0 bridgehead atoms. The topological polar surface area (TPSA) is 44.4 Å². The van der Waals surface area contributed by atoms with Gasteiger partial charge in [0.25, 0.3) is 0 Å². The first-order valence-electron chi connectivity index (χ1n) is 7.20. The number of nitrogens with zero attached hydrogens (tertiary/aromatic N) is 1. The molecule has 5 heteroatoms. The summed E-state index contributed by atoms with van der Waals surface area (Å²) in [5, 5.41) is 6.02. The molecule has 1 aliphatic carbocycles. The van der Waals surface area contributed by atoms with Gasteiger partial charge in [0.05, 0.1) is 5.69 Å². The number of hydrogen-bond acceptors (Lipinski definition) is 3. The van der Waals surface area contributed by atoms with Crippen molar-refractivity contribution in [2.24, 2.45) is 5.92 Å². The highest BCUT2D eigenvalue weighted by molar-refractivity contribution is 9.10. The molecule has 1 atom stereocenters. The summed E-state index contributed by atoms with van der Waals surface area (Å²) in [6.07, 6.45) is 2.69. The minimum atomic E-state index is -0.242. The number of fused-ring (bicyclic) bond motifs is 1.